The van der Waals surface area contributed by atoms with Gasteiger partial charge in [0.2, 0.25) is 0 Å². The number of nitrogens with one attached hydrogen (secondary N) is 1. The van der Waals surface area contributed by atoms with E-state index in [0.717, 1.165) is 16.6 Å². The number of hydrogen-bond donors (Lipinski definition) is 1. The molecule has 0 saturated heterocycles. The molecule has 2 aromatic rings. The average molecular weight is 395 g/mol. The summed E-state index contributed by atoms with van der Waals surface area (Å²) in [6, 6.07) is 12.8. The molecule has 0 saturated carbocycles. The number of nitrogens with zero attached hydrogens (tertiary/aromatic N) is 1. The molecule has 0 spiro atoms. The molecular weight excluding hydrogens is 385 g/mol. The van der Waals surface area contributed by atoms with E-state index in [0.29, 0.717) is 5.56 Å². The zero-order chi connectivity index (χ0) is 17.7. The second-order valence-corrected chi connectivity index (χ2v) is 5.67. The van der Waals surface area contributed by atoms with Crippen LogP contribution >= 0.6 is 15.9 Å². The van der Waals surface area contributed by atoms with Gasteiger partial charge in [0.05, 0.1) is 5.56 Å². The number of anilines is 1. The Morgan fingerprint density at radius 3 is 2.42 bits per heavy atom. The quantitative estimate of drug-likeness (QED) is 0.587. The molecule has 0 aromatic heterocycles. The van der Waals surface area contributed by atoms with Crippen LogP contribution in [-0.2, 0) is 11.0 Å². The molecule has 3 nitrogen and oxygen atoms in total. The first-order valence-electron chi connectivity index (χ1n) is 6.65. The van der Waals surface area contributed by atoms with Crippen molar-refractivity contribution in [1.82, 2.24) is 0 Å². The third-order valence-electron chi connectivity index (χ3n) is 2.99. The SMILES string of the molecule is N#C/C(=C/c1ccc(Br)cc1)C(=O)Nc1cccc(C(F)(F)F)c1. The molecular formula is C17H10BrF3N2O. The van der Waals surface area contributed by atoms with Crippen LogP contribution in [0.2, 0.25) is 0 Å². The number of amides is 1. The van der Waals surface area contributed by atoms with E-state index in [1.54, 1.807) is 30.3 Å². The number of nitriles is 1. The summed E-state index contributed by atoms with van der Waals surface area (Å²) in [7, 11) is 0. The molecule has 122 valence electrons. The molecule has 0 aliphatic heterocycles. The molecule has 0 unspecified atom stereocenters. The van der Waals surface area contributed by atoms with Gasteiger partial charge in [-0.25, -0.2) is 0 Å². The molecule has 0 bridgehead atoms. The summed E-state index contributed by atoms with van der Waals surface area (Å²) < 4.78 is 38.8. The van der Waals surface area contributed by atoms with Crippen molar-refractivity contribution in [2.75, 3.05) is 5.32 Å². The van der Waals surface area contributed by atoms with Crippen LogP contribution < -0.4 is 5.32 Å². The summed E-state index contributed by atoms with van der Waals surface area (Å²) in [6.07, 6.45) is -3.15. The zero-order valence-corrected chi connectivity index (χ0v) is 13.6. The van der Waals surface area contributed by atoms with E-state index in [1.165, 1.54) is 18.2 Å². The number of carbonyl (C=O) groups is 1. The normalized spacial score (nSPS) is 11.7. The Morgan fingerprint density at radius 2 is 1.83 bits per heavy atom. The van der Waals surface area contributed by atoms with Gasteiger partial charge >= 0.3 is 6.18 Å². The first-order chi connectivity index (χ1) is 11.3. The van der Waals surface area contributed by atoms with E-state index in [2.05, 4.69) is 21.2 Å². The molecule has 7 heteroatoms. The number of rotatable bonds is 3. The lowest BCUT2D eigenvalue weighted by Crippen LogP contribution is -2.14. The highest BCUT2D eigenvalue weighted by Gasteiger charge is 2.30. The molecule has 0 heterocycles. The Bertz CT molecular complexity index is 821. The van der Waals surface area contributed by atoms with E-state index in [1.807, 2.05) is 0 Å². The molecule has 24 heavy (non-hydrogen) atoms. The zero-order valence-electron chi connectivity index (χ0n) is 12.1. The van der Waals surface area contributed by atoms with Gasteiger partial charge in [0.15, 0.2) is 0 Å². The molecule has 0 aliphatic rings. The van der Waals surface area contributed by atoms with Crippen molar-refractivity contribution >= 4 is 33.6 Å². The molecule has 2 rings (SSSR count). The molecule has 0 aliphatic carbocycles. The average Bonchev–Trinajstić information content (AvgIpc) is 2.53. The Hall–Kier alpha value is -2.59. The van der Waals surface area contributed by atoms with Gasteiger partial charge in [-0.15, -0.1) is 0 Å². The highest BCUT2D eigenvalue weighted by molar-refractivity contribution is 9.10. The minimum absolute atomic E-state index is 0.0354. The van der Waals surface area contributed by atoms with Crippen LogP contribution in [0.3, 0.4) is 0 Å². The lowest BCUT2D eigenvalue weighted by molar-refractivity contribution is -0.137. The largest absolute Gasteiger partial charge is 0.416 e. The van der Waals surface area contributed by atoms with Crippen molar-refractivity contribution < 1.29 is 18.0 Å². The van der Waals surface area contributed by atoms with Gasteiger partial charge in [0, 0.05) is 10.2 Å². The minimum atomic E-state index is -4.51. The maximum absolute atomic E-state index is 12.7. The fourth-order valence-corrected chi connectivity index (χ4v) is 2.11. The predicted molar refractivity (Wildman–Crippen MR) is 87.8 cm³/mol. The van der Waals surface area contributed by atoms with Gasteiger partial charge in [-0.1, -0.05) is 34.1 Å². The highest BCUT2D eigenvalue weighted by atomic mass is 79.9. The standard InChI is InChI=1S/C17H10BrF3N2O/c18-14-6-4-11(5-7-14)8-12(10-22)16(24)23-15-3-1-2-13(9-15)17(19,20)21/h1-9H,(H,23,24)/b12-8-. The first kappa shape index (κ1) is 17.8. The van der Waals surface area contributed by atoms with Crippen LogP contribution in [0.5, 0.6) is 0 Å². The smallest absolute Gasteiger partial charge is 0.321 e. The van der Waals surface area contributed by atoms with Crippen LogP contribution in [0.15, 0.2) is 58.6 Å². The fraction of sp³-hybridized carbons (Fsp3) is 0.0588. The summed E-state index contributed by atoms with van der Waals surface area (Å²) in [5, 5.41) is 11.4. The molecule has 0 fully saturated rings. The Balaban J connectivity index is 2.21. The summed E-state index contributed by atoms with van der Waals surface area (Å²) in [5.41, 5.74) is -0.508. The lowest BCUT2D eigenvalue weighted by Gasteiger charge is -2.09. The van der Waals surface area contributed by atoms with Crippen molar-refractivity contribution in [2.24, 2.45) is 0 Å². The van der Waals surface area contributed by atoms with E-state index >= 15 is 0 Å². The monoisotopic (exact) mass is 394 g/mol. The second-order valence-electron chi connectivity index (χ2n) is 4.75. The van der Waals surface area contributed by atoms with Gasteiger partial charge in [-0.05, 0) is 42.0 Å². The van der Waals surface area contributed by atoms with Gasteiger partial charge in [-0.3, -0.25) is 4.79 Å². The lowest BCUT2D eigenvalue weighted by atomic mass is 10.1. The van der Waals surface area contributed by atoms with Crippen LogP contribution in [0.1, 0.15) is 11.1 Å². The third-order valence-corrected chi connectivity index (χ3v) is 3.52. The topological polar surface area (TPSA) is 52.9 Å². The van der Waals surface area contributed by atoms with Gasteiger partial charge in [0.1, 0.15) is 11.6 Å². The number of halogens is 4. The van der Waals surface area contributed by atoms with Crippen molar-refractivity contribution in [3.8, 4) is 6.07 Å². The summed E-state index contributed by atoms with van der Waals surface area (Å²) in [5.74, 6) is -0.778. The molecule has 1 amide bonds. The van der Waals surface area contributed by atoms with Crippen molar-refractivity contribution in [3.05, 3.63) is 69.7 Å². The number of hydrogen-bond acceptors (Lipinski definition) is 2. The molecule has 0 atom stereocenters. The van der Waals surface area contributed by atoms with Crippen molar-refractivity contribution in [1.29, 1.82) is 5.26 Å². The Labute approximate surface area is 144 Å². The molecule has 0 radical (unpaired) electrons. The van der Waals surface area contributed by atoms with Crippen molar-refractivity contribution in [3.63, 3.8) is 0 Å². The van der Waals surface area contributed by atoms with Crippen LogP contribution in [0, 0.1) is 11.3 Å². The maximum Gasteiger partial charge on any atom is 0.416 e. The number of alkyl halides is 3. The third kappa shape index (κ3) is 4.70. The van der Waals surface area contributed by atoms with Crippen molar-refractivity contribution in [2.45, 2.75) is 6.18 Å². The first-order valence-corrected chi connectivity index (χ1v) is 7.45. The maximum atomic E-state index is 12.7. The number of carbonyl (C=O) groups excluding carboxylic acids is 1. The molecule has 2 aromatic carbocycles. The van der Waals surface area contributed by atoms with Gasteiger partial charge < -0.3 is 5.32 Å². The summed E-state index contributed by atoms with van der Waals surface area (Å²) in [4.78, 5) is 12.1. The molecule has 1 N–H and O–H groups in total. The van der Waals surface area contributed by atoms with Crippen LogP contribution in [-0.4, -0.2) is 5.91 Å². The second kappa shape index (κ2) is 7.32. The van der Waals surface area contributed by atoms with E-state index in [9.17, 15) is 18.0 Å². The van der Waals surface area contributed by atoms with E-state index < -0.39 is 17.6 Å². The fourth-order valence-electron chi connectivity index (χ4n) is 1.85. The van der Waals surface area contributed by atoms with E-state index in [-0.39, 0.29) is 11.3 Å². The predicted octanol–water partition coefficient (Wildman–Crippen LogP) is 5.01. The summed E-state index contributed by atoms with van der Waals surface area (Å²) in [6.45, 7) is 0. The minimum Gasteiger partial charge on any atom is -0.321 e. The van der Waals surface area contributed by atoms with Gasteiger partial charge in [0.25, 0.3) is 5.91 Å². The Morgan fingerprint density at radius 1 is 1.17 bits per heavy atom. The van der Waals surface area contributed by atoms with Crippen LogP contribution in [0.25, 0.3) is 6.08 Å². The number of benzene rings is 2. The van der Waals surface area contributed by atoms with Gasteiger partial charge in [-0.2, -0.15) is 18.4 Å². The Kier molecular flexibility index (Phi) is 5.42. The summed E-state index contributed by atoms with van der Waals surface area (Å²) >= 11 is 3.27. The highest BCUT2D eigenvalue weighted by Crippen LogP contribution is 2.30. The van der Waals surface area contributed by atoms with Crippen LogP contribution in [0.4, 0.5) is 18.9 Å². The van der Waals surface area contributed by atoms with E-state index in [4.69, 9.17) is 5.26 Å².